The van der Waals surface area contributed by atoms with Gasteiger partial charge in [-0.05, 0) is 30.5 Å². The van der Waals surface area contributed by atoms with Gasteiger partial charge in [0.25, 0.3) is 0 Å². The van der Waals surface area contributed by atoms with Crippen LogP contribution in [0, 0.1) is 0 Å². The van der Waals surface area contributed by atoms with Gasteiger partial charge >= 0.3 is 0 Å². The third-order valence-corrected chi connectivity index (χ3v) is 3.81. The number of rotatable bonds is 4. The molecule has 0 unspecified atom stereocenters. The van der Waals surface area contributed by atoms with Crippen LogP contribution in [0.25, 0.3) is 17.1 Å². The zero-order valence-corrected chi connectivity index (χ0v) is 12.7. The van der Waals surface area contributed by atoms with Crippen LogP contribution in [0.15, 0.2) is 59.8 Å². The number of hydrogen-bond acceptors (Lipinski definition) is 4. The lowest BCUT2D eigenvalue weighted by Gasteiger charge is -2.10. The van der Waals surface area contributed by atoms with Gasteiger partial charge in [-0.3, -0.25) is 4.57 Å². The van der Waals surface area contributed by atoms with Gasteiger partial charge < -0.3 is 4.74 Å². The third kappa shape index (κ3) is 2.64. The Morgan fingerprint density at radius 2 is 1.67 bits per heavy atom. The van der Waals surface area contributed by atoms with Crippen molar-refractivity contribution in [2.24, 2.45) is 0 Å². The molecule has 0 aliphatic carbocycles. The van der Waals surface area contributed by atoms with E-state index in [2.05, 4.69) is 14.8 Å². The summed E-state index contributed by atoms with van der Waals surface area (Å²) < 4.78 is 7.27. The molecule has 2 aromatic carbocycles. The van der Waals surface area contributed by atoms with Crippen LogP contribution in [-0.2, 0) is 0 Å². The van der Waals surface area contributed by atoms with E-state index < -0.39 is 0 Å². The minimum Gasteiger partial charge on any atom is -0.497 e. The Labute approximate surface area is 127 Å². The second kappa shape index (κ2) is 6.01. The lowest BCUT2D eigenvalue weighted by atomic mass is 10.2. The molecule has 106 valence electrons. The van der Waals surface area contributed by atoms with Crippen molar-refractivity contribution in [1.82, 2.24) is 14.8 Å². The smallest absolute Gasteiger partial charge is 0.195 e. The van der Waals surface area contributed by atoms with E-state index >= 15 is 0 Å². The van der Waals surface area contributed by atoms with E-state index in [0.717, 1.165) is 28.0 Å². The summed E-state index contributed by atoms with van der Waals surface area (Å²) in [4.78, 5) is 0. The van der Waals surface area contributed by atoms with E-state index in [1.807, 2.05) is 60.9 Å². The Morgan fingerprint density at radius 1 is 0.952 bits per heavy atom. The average molecular weight is 297 g/mol. The summed E-state index contributed by atoms with van der Waals surface area (Å²) >= 11 is 1.57. The number of methoxy groups -OCH3 is 1. The van der Waals surface area contributed by atoms with Crippen molar-refractivity contribution in [2.75, 3.05) is 13.4 Å². The fourth-order valence-corrected chi connectivity index (χ4v) is 2.64. The Kier molecular flexibility index (Phi) is 3.92. The molecule has 0 spiro atoms. The van der Waals surface area contributed by atoms with Crippen molar-refractivity contribution in [3.8, 4) is 22.8 Å². The van der Waals surface area contributed by atoms with Crippen LogP contribution in [0.5, 0.6) is 5.75 Å². The van der Waals surface area contributed by atoms with Gasteiger partial charge in [0.1, 0.15) is 5.75 Å². The fraction of sp³-hybridized carbons (Fsp3) is 0.125. The number of benzene rings is 2. The molecule has 0 aliphatic rings. The molecule has 0 N–H and O–H groups in total. The molecule has 0 saturated carbocycles. The fourth-order valence-electron chi connectivity index (χ4n) is 2.14. The van der Waals surface area contributed by atoms with Crippen LogP contribution in [0.4, 0.5) is 0 Å². The van der Waals surface area contributed by atoms with Crippen molar-refractivity contribution < 1.29 is 4.74 Å². The highest BCUT2D eigenvalue weighted by Crippen LogP contribution is 2.27. The Balaban J connectivity index is 2.13. The first-order chi connectivity index (χ1) is 10.3. The molecule has 0 bridgehead atoms. The van der Waals surface area contributed by atoms with Crippen LogP contribution in [-0.4, -0.2) is 28.1 Å². The number of hydrogen-bond donors (Lipinski definition) is 0. The zero-order chi connectivity index (χ0) is 14.7. The summed E-state index contributed by atoms with van der Waals surface area (Å²) in [5.74, 6) is 1.67. The van der Waals surface area contributed by atoms with E-state index in [9.17, 15) is 0 Å². The first-order valence-electron chi connectivity index (χ1n) is 6.52. The molecule has 0 fully saturated rings. The summed E-state index contributed by atoms with van der Waals surface area (Å²) in [6.45, 7) is 0. The lowest BCUT2D eigenvalue weighted by Crippen LogP contribution is -1.99. The summed E-state index contributed by atoms with van der Waals surface area (Å²) in [6.07, 6.45) is 2.00. The highest BCUT2D eigenvalue weighted by Gasteiger charge is 2.14. The van der Waals surface area contributed by atoms with Gasteiger partial charge in [-0.25, -0.2) is 0 Å². The highest BCUT2D eigenvalue weighted by atomic mass is 32.2. The van der Waals surface area contributed by atoms with Gasteiger partial charge in [0.15, 0.2) is 11.0 Å². The predicted octanol–water partition coefficient (Wildman–Crippen LogP) is 3.66. The number of thioether (sulfide) groups is 1. The Hall–Kier alpha value is -2.27. The van der Waals surface area contributed by atoms with Gasteiger partial charge in [0.05, 0.1) is 7.11 Å². The quantitative estimate of drug-likeness (QED) is 0.689. The maximum Gasteiger partial charge on any atom is 0.195 e. The molecular weight excluding hydrogens is 282 g/mol. The van der Waals surface area contributed by atoms with Crippen molar-refractivity contribution in [2.45, 2.75) is 5.16 Å². The number of nitrogens with zero attached hydrogens (tertiary/aromatic N) is 3. The second-order valence-electron chi connectivity index (χ2n) is 4.41. The molecular formula is C16H15N3OS. The second-order valence-corrected chi connectivity index (χ2v) is 5.18. The normalized spacial score (nSPS) is 10.6. The van der Waals surface area contributed by atoms with Crippen molar-refractivity contribution in [1.29, 1.82) is 0 Å². The van der Waals surface area contributed by atoms with E-state index in [1.54, 1.807) is 18.9 Å². The van der Waals surface area contributed by atoms with Gasteiger partial charge in [0.2, 0.25) is 0 Å². The molecule has 4 nitrogen and oxygen atoms in total. The van der Waals surface area contributed by atoms with Gasteiger partial charge in [0, 0.05) is 11.3 Å². The highest BCUT2D eigenvalue weighted by molar-refractivity contribution is 7.98. The molecule has 3 rings (SSSR count). The van der Waals surface area contributed by atoms with Gasteiger partial charge in [-0.2, -0.15) is 0 Å². The summed E-state index contributed by atoms with van der Waals surface area (Å²) in [5.41, 5.74) is 2.06. The monoisotopic (exact) mass is 297 g/mol. The van der Waals surface area contributed by atoms with E-state index in [-0.39, 0.29) is 0 Å². The SMILES string of the molecule is COc1ccc(-n2c(SC)nnc2-c2ccccc2)cc1. The van der Waals surface area contributed by atoms with Crippen LogP contribution >= 0.6 is 11.8 Å². The molecule has 21 heavy (non-hydrogen) atoms. The predicted molar refractivity (Wildman–Crippen MR) is 85.1 cm³/mol. The van der Waals surface area contributed by atoms with Crippen LogP contribution in [0.1, 0.15) is 0 Å². The summed E-state index contributed by atoms with van der Waals surface area (Å²) in [6, 6.07) is 18.0. The topological polar surface area (TPSA) is 39.9 Å². The van der Waals surface area contributed by atoms with Gasteiger partial charge in [-0.1, -0.05) is 42.1 Å². The van der Waals surface area contributed by atoms with Crippen molar-refractivity contribution >= 4 is 11.8 Å². The third-order valence-electron chi connectivity index (χ3n) is 3.18. The average Bonchev–Trinajstić information content (AvgIpc) is 2.99. The zero-order valence-electron chi connectivity index (χ0n) is 11.9. The van der Waals surface area contributed by atoms with Crippen molar-refractivity contribution in [3.63, 3.8) is 0 Å². The summed E-state index contributed by atoms with van der Waals surface area (Å²) in [5, 5.41) is 9.47. The van der Waals surface area contributed by atoms with Crippen LogP contribution in [0.2, 0.25) is 0 Å². The molecule has 1 aromatic heterocycles. The number of ether oxygens (including phenoxy) is 1. The van der Waals surface area contributed by atoms with Crippen LogP contribution in [0.3, 0.4) is 0 Å². The molecule has 0 radical (unpaired) electrons. The summed E-state index contributed by atoms with van der Waals surface area (Å²) in [7, 11) is 1.66. The van der Waals surface area contributed by atoms with E-state index in [0.29, 0.717) is 0 Å². The molecule has 3 aromatic rings. The molecule has 1 heterocycles. The standard InChI is InChI=1S/C16H15N3OS/c1-20-14-10-8-13(9-11-14)19-15(17-18-16(19)21-2)12-6-4-3-5-7-12/h3-11H,1-2H3. The lowest BCUT2D eigenvalue weighted by molar-refractivity contribution is 0.414. The number of aromatic nitrogens is 3. The molecule has 0 saturated heterocycles. The molecule has 0 aliphatic heterocycles. The first kappa shape index (κ1) is 13.7. The molecule has 0 atom stereocenters. The first-order valence-corrected chi connectivity index (χ1v) is 7.75. The Bertz CT molecular complexity index is 723. The van der Waals surface area contributed by atoms with Gasteiger partial charge in [-0.15, -0.1) is 10.2 Å². The largest absolute Gasteiger partial charge is 0.497 e. The van der Waals surface area contributed by atoms with E-state index in [4.69, 9.17) is 4.74 Å². The minimum atomic E-state index is 0.832. The molecule has 5 heteroatoms. The van der Waals surface area contributed by atoms with Crippen molar-refractivity contribution in [3.05, 3.63) is 54.6 Å². The van der Waals surface area contributed by atoms with Crippen LogP contribution < -0.4 is 4.74 Å². The maximum atomic E-state index is 5.21. The van der Waals surface area contributed by atoms with E-state index in [1.165, 1.54) is 0 Å². The minimum absolute atomic E-state index is 0.832. The Morgan fingerprint density at radius 3 is 2.29 bits per heavy atom. The molecule has 0 amide bonds. The maximum absolute atomic E-state index is 5.21.